The van der Waals surface area contributed by atoms with Gasteiger partial charge in [-0.25, -0.2) is 0 Å². The van der Waals surface area contributed by atoms with E-state index in [9.17, 15) is 0 Å². The number of benzene rings is 2. The molecule has 3 heteroatoms. The average Bonchev–Trinajstić information content (AvgIpc) is 2.55. The Bertz CT molecular complexity index is 546. The summed E-state index contributed by atoms with van der Waals surface area (Å²) in [5.74, 6) is 1.77. The zero-order valence-electron chi connectivity index (χ0n) is 12.9. The van der Waals surface area contributed by atoms with Crippen molar-refractivity contribution >= 4 is 0 Å². The highest BCUT2D eigenvalue weighted by Crippen LogP contribution is 2.40. The van der Waals surface area contributed by atoms with Crippen LogP contribution in [0.3, 0.4) is 0 Å². The summed E-state index contributed by atoms with van der Waals surface area (Å²) in [6.07, 6.45) is 0.951. The van der Waals surface area contributed by atoms with Crippen LogP contribution in [0.1, 0.15) is 36.4 Å². The number of hydrogen-bond donors (Lipinski definition) is 1. The van der Waals surface area contributed by atoms with Gasteiger partial charge in [-0.2, -0.15) is 0 Å². The Kier molecular flexibility index (Phi) is 5.23. The van der Waals surface area contributed by atoms with Crippen LogP contribution in [0, 0.1) is 0 Å². The summed E-state index contributed by atoms with van der Waals surface area (Å²) in [5.41, 5.74) is 8.74. The molecular formula is C18H23NO2. The summed E-state index contributed by atoms with van der Waals surface area (Å²) in [7, 11) is 3.32. The van der Waals surface area contributed by atoms with Gasteiger partial charge in [0.2, 0.25) is 0 Å². The van der Waals surface area contributed by atoms with E-state index < -0.39 is 0 Å². The highest BCUT2D eigenvalue weighted by Gasteiger charge is 2.25. The smallest absolute Gasteiger partial charge is 0.127 e. The summed E-state index contributed by atoms with van der Waals surface area (Å²) < 4.78 is 11.0. The van der Waals surface area contributed by atoms with Gasteiger partial charge < -0.3 is 15.2 Å². The minimum atomic E-state index is -0.177. The average molecular weight is 285 g/mol. The van der Waals surface area contributed by atoms with Crippen molar-refractivity contribution < 1.29 is 9.47 Å². The molecule has 0 amide bonds. The van der Waals surface area contributed by atoms with E-state index in [0.717, 1.165) is 23.5 Å². The van der Waals surface area contributed by atoms with Crippen LogP contribution in [-0.4, -0.2) is 14.2 Å². The molecule has 2 aromatic rings. The van der Waals surface area contributed by atoms with Gasteiger partial charge in [-0.1, -0.05) is 43.3 Å². The van der Waals surface area contributed by atoms with Crippen LogP contribution < -0.4 is 15.2 Å². The van der Waals surface area contributed by atoms with E-state index >= 15 is 0 Å². The predicted octanol–water partition coefficient (Wildman–Crippen LogP) is 3.90. The molecule has 2 aromatic carbocycles. The lowest BCUT2D eigenvalue weighted by molar-refractivity contribution is 0.371. The fourth-order valence-corrected chi connectivity index (χ4v) is 2.81. The van der Waals surface area contributed by atoms with Crippen molar-refractivity contribution in [2.45, 2.75) is 25.3 Å². The molecule has 112 valence electrons. The molecule has 3 nitrogen and oxygen atoms in total. The molecule has 21 heavy (non-hydrogen) atoms. The van der Waals surface area contributed by atoms with E-state index in [0.29, 0.717) is 0 Å². The molecular weight excluding hydrogens is 262 g/mol. The Balaban J connectivity index is 2.45. The second kappa shape index (κ2) is 7.14. The van der Waals surface area contributed by atoms with E-state index in [-0.39, 0.29) is 12.0 Å². The summed E-state index contributed by atoms with van der Waals surface area (Å²) in [6.45, 7) is 2.15. The van der Waals surface area contributed by atoms with Crippen LogP contribution in [0.15, 0.2) is 48.5 Å². The molecule has 0 heterocycles. The number of nitrogens with two attached hydrogens (primary N) is 1. The highest BCUT2D eigenvalue weighted by atomic mass is 16.5. The van der Waals surface area contributed by atoms with Gasteiger partial charge >= 0.3 is 0 Å². The molecule has 0 radical (unpaired) electrons. The van der Waals surface area contributed by atoms with Crippen molar-refractivity contribution in [3.05, 3.63) is 59.7 Å². The largest absolute Gasteiger partial charge is 0.496 e. The van der Waals surface area contributed by atoms with Crippen molar-refractivity contribution in [1.82, 2.24) is 0 Å². The molecule has 0 aromatic heterocycles. The van der Waals surface area contributed by atoms with Gasteiger partial charge in [0.15, 0.2) is 0 Å². The summed E-state index contributed by atoms with van der Waals surface area (Å²) in [6, 6.07) is 15.9. The third-order valence-corrected chi connectivity index (χ3v) is 3.90. The van der Waals surface area contributed by atoms with Gasteiger partial charge in [0.25, 0.3) is 0 Å². The first-order valence-corrected chi connectivity index (χ1v) is 7.24. The first-order valence-electron chi connectivity index (χ1n) is 7.24. The molecule has 2 atom stereocenters. The molecule has 0 aliphatic rings. The Morgan fingerprint density at radius 1 is 0.905 bits per heavy atom. The first-order chi connectivity index (χ1) is 10.2. The van der Waals surface area contributed by atoms with Crippen molar-refractivity contribution in [3.8, 4) is 11.5 Å². The van der Waals surface area contributed by atoms with Crippen LogP contribution in [0.5, 0.6) is 11.5 Å². The quantitative estimate of drug-likeness (QED) is 0.875. The highest BCUT2D eigenvalue weighted by molar-refractivity contribution is 5.48. The van der Waals surface area contributed by atoms with Crippen LogP contribution in [0.2, 0.25) is 0 Å². The molecule has 0 saturated heterocycles. The van der Waals surface area contributed by atoms with Gasteiger partial charge in [-0.3, -0.25) is 0 Å². The van der Waals surface area contributed by atoms with E-state index in [1.165, 1.54) is 5.56 Å². The van der Waals surface area contributed by atoms with Gasteiger partial charge in [0.1, 0.15) is 11.5 Å². The first kappa shape index (κ1) is 15.4. The normalized spacial score (nSPS) is 13.5. The molecule has 0 spiro atoms. The second-order valence-electron chi connectivity index (χ2n) is 5.03. The molecule has 0 fully saturated rings. The Morgan fingerprint density at radius 3 is 1.95 bits per heavy atom. The van der Waals surface area contributed by atoms with E-state index in [1.54, 1.807) is 14.2 Å². The monoisotopic (exact) mass is 285 g/mol. The van der Waals surface area contributed by atoms with Crippen molar-refractivity contribution in [2.24, 2.45) is 5.73 Å². The maximum atomic E-state index is 6.57. The van der Waals surface area contributed by atoms with Crippen LogP contribution in [0.4, 0.5) is 0 Å². The van der Waals surface area contributed by atoms with Crippen molar-refractivity contribution in [1.29, 1.82) is 0 Å². The van der Waals surface area contributed by atoms with Crippen LogP contribution in [0.25, 0.3) is 0 Å². The van der Waals surface area contributed by atoms with Gasteiger partial charge in [0, 0.05) is 12.0 Å². The number of methoxy groups -OCH3 is 2. The van der Waals surface area contributed by atoms with Crippen molar-refractivity contribution in [2.75, 3.05) is 14.2 Å². The topological polar surface area (TPSA) is 44.5 Å². The lowest BCUT2D eigenvalue weighted by atomic mass is 9.85. The molecule has 2 rings (SSSR count). The summed E-state index contributed by atoms with van der Waals surface area (Å²) in [4.78, 5) is 0. The number of rotatable bonds is 6. The fraction of sp³-hybridized carbons (Fsp3) is 0.333. The molecule has 0 aliphatic carbocycles. The van der Waals surface area contributed by atoms with E-state index in [1.807, 2.05) is 36.4 Å². The van der Waals surface area contributed by atoms with Gasteiger partial charge in [-0.05, 0) is 24.1 Å². The SMILES string of the molecule is CCC(c1ccccc1)C(N)c1c(OC)cccc1OC. The molecule has 2 unspecified atom stereocenters. The fourth-order valence-electron chi connectivity index (χ4n) is 2.81. The molecule has 0 aliphatic heterocycles. The third kappa shape index (κ3) is 3.19. The standard InChI is InChI=1S/C18H23NO2/c1-4-14(13-9-6-5-7-10-13)18(19)17-15(20-2)11-8-12-16(17)21-3/h5-12,14,18H,4,19H2,1-3H3. The number of hydrogen-bond acceptors (Lipinski definition) is 3. The second-order valence-corrected chi connectivity index (χ2v) is 5.03. The Morgan fingerprint density at radius 2 is 1.48 bits per heavy atom. The molecule has 0 saturated carbocycles. The van der Waals surface area contributed by atoms with Crippen LogP contribution >= 0.6 is 0 Å². The molecule has 2 N–H and O–H groups in total. The lowest BCUT2D eigenvalue weighted by Crippen LogP contribution is -2.21. The minimum Gasteiger partial charge on any atom is -0.496 e. The summed E-state index contributed by atoms with van der Waals surface area (Å²) in [5, 5.41) is 0. The van der Waals surface area contributed by atoms with Crippen molar-refractivity contribution in [3.63, 3.8) is 0 Å². The van der Waals surface area contributed by atoms with Gasteiger partial charge in [-0.15, -0.1) is 0 Å². The van der Waals surface area contributed by atoms with E-state index in [4.69, 9.17) is 15.2 Å². The van der Waals surface area contributed by atoms with Crippen LogP contribution in [-0.2, 0) is 0 Å². The summed E-state index contributed by atoms with van der Waals surface area (Å²) >= 11 is 0. The zero-order valence-corrected chi connectivity index (χ0v) is 12.9. The Hall–Kier alpha value is -2.00. The minimum absolute atomic E-state index is 0.177. The maximum Gasteiger partial charge on any atom is 0.127 e. The molecule has 0 bridgehead atoms. The third-order valence-electron chi connectivity index (χ3n) is 3.90. The number of ether oxygens (including phenoxy) is 2. The van der Waals surface area contributed by atoms with E-state index in [2.05, 4.69) is 19.1 Å². The lowest BCUT2D eigenvalue weighted by Gasteiger charge is -2.26. The zero-order chi connectivity index (χ0) is 15.2. The predicted molar refractivity (Wildman–Crippen MR) is 85.9 cm³/mol. The van der Waals surface area contributed by atoms with Gasteiger partial charge in [0.05, 0.1) is 19.8 Å². The Labute approximate surface area is 126 Å². The maximum absolute atomic E-state index is 6.57.